The molecule has 1 heterocycles. The van der Waals surface area contributed by atoms with Crippen molar-refractivity contribution in [1.82, 2.24) is 9.97 Å². The predicted molar refractivity (Wildman–Crippen MR) is 46.3 cm³/mol. The van der Waals surface area contributed by atoms with Crippen LogP contribution < -0.4 is 5.73 Å². The average Bonchev–Trinajstić information content (AvgIpc) is 2.09. The van der Waals surface area contributed by atoms with Crippen LogP contribution in [0, 0.1) is 0 Å². The molecule has 0 bridgehead atoms. The van der Waals surface area contributed by atoms with Crippen LogP contribution in [0.5, 0.6) is 0 Å². The topological polar surface area (TPSA) is 51.8 Å². The molecular formula is C7H12ClN3. The Morgan fingerprint density at radius 1 is 1.36 bits per heavy atom. The molecule has 3 nitrogen and oxygen atoms in total. The number of hydrogen-bond donors (Lipinski definition) is 1. The summed E-state index contributed by atoms with van der Waals surface area (Å²) in [5.74, 6) is 0. The molecule has 1 aromatic heterocycles. The molecule has 0 aliphatic carbocycles. The zero-order chi connectivity index (χ0) is 8.69. The third kappa shape index (κ3) is 3.30. The minimum Gasteiger partial charge on any atom is -0.325 e. The van der Waals surface area contributed by atoms with E-state index in [2.05, 4.69) is 9.97 Å². The first kappa shape index (κ1) is 10.3. The van der Waals surface area contributed by atoms with Gasteiger partial charge in [-0.1, -0.05) is 25.4 Å². The van der Waals surface area contributed by atoms with Gasteiger partial charge in [0.25, 0.3) is 0 Å². The van der Waals surface area contributed by atoms with Crippen molar-refractivity contribution in [2.45, 2.75) is 20.4 Å². The zero-order valence-corrected chi connectivity index (χ0v) is 7.47. The molecule has 62 valence electrons. The van der Waals surface area contributed by atoms with E-state index in [4.69, 9.17) is 17.3 Å². The van der Waals surface area contributed by atoms with Gasteiger partial charge in [-0.15, -0.1) is 0 Å². The van der Waals surface area contributed by atoms with Crippen molar-refractivity contribution >= 4 is 11.6 Å². The van der Waals surface area contributed by atoms with E-state index in [1.54, 1.807) is 6.20 Å². The van der Waals surface area contributed by atoms with Crippen LogP contribution in [-0.2, 0) is 6.54 Å². The highest BCUT2D eigenvalue weighted by Gasteiger charge is 1.95. The van der Waals surface area contributed by atoms with Crippen LogP contribution in [0.25, 0.3) is 0 Å². The Morgan fingerprint density at radius 3 is 2.27 bits per heavy atom. The van der Waals surface area contributed by atoms with Crippen molar-refractivity contribution in [1.29, 1.82) is 0 Å². The van der Waals surface area contributed by atoms with Gasteiger partial charge in [0, 0.05) is 18.9 Å². The fourth-order valence-electron chi connectivity index (χ4n) is 0.487. The maximum atomic E-state index is 5.57. The fourth-order valence-corrected chi connectivity index (χ4v) is 0.669. The number of halogens is 1. The summed E-state index contributed by atoms with van der Waals surface area (Å²) in [7, 11) is 0. The summed E-state index contributed by atoms with van der Waals surface area (Å²) in [5, 5.41) is 0.389. The maximum absolute atomic E-state index is 5.57. The normalized spacial score (nSPS) is 8.36. The molecule has 0 radical (unpaired) electrons. The SMILES string of the molecule is CC.NCc1nccnc1Cl. The quantitative estimate of drug-likeness (QED) is 0.702. The number of hydrogen-bond acceptors (Lipinski definition) is 3. The number of aromatic nitrogens is 2. The highest BCUT2D eigenvalue weighted by molar-refractivity contribution is 6.29. The molecule has 0 aromatic carbocycles. The summed E-state index contributed by atoms with van der Waals surface area (Å²) in [5.41, 5.74) is 5.90. The summed E-state index contributed by atoms with van der Waals surface area (Å²) in [4.78, 5) is 7.65. The van der Waals surface area contributed by atoms with E-state index in [9.17, 15) is 0 Å². The third-order valence-corrected chi connectivity index (χ3v) is 1.23. The van der Waals surface area contributed by atoms with Crippen molar-refractivity contribution in [3.05, 3.63) is 23.2 Å². The lowest BCUT2D eigenvalue weighted by molar-refractivity contribution is 0.964. The third-order valence-electron chi connectivity index (χ3n) is 0.916. The van der Waals surface area contributed by atoms with Crippen molar-refractivity contribution in [2.24, 2.45) is 5.73 Å². The van der Waals surface area contributed by atoms with Crippen molar-refractivity contribution in [3.8, 4) is 0 Å². The van der Waals surface area contributed by atoms with Crippen molar-refractivity contribution in [3.63, 3.8) is 0 Å². The molecule has 0 aliphatic rings. The zero-order valence-electron chi connectivity index (χ0n) is 6.71. The van der Waals surface area contributed by atoms with E-state index < -0.39 is 0 Å². The molecule has 2 N–H and O–H groups in total. The van der Waals surface area contributed by atoms with Crippen LogP contribution in [0.1, 0.15) is 19.5 Å². The molecule has 11 heavy (non-hydrogen) atoms. The van der Waals surface area contributed by atoms with Crippen LogP contribution in [0.4, 0.5) is 0 Å². The molecule has 0 spiro atoms. The highest BCUT2D eigenvalue weighted by atomic mass is 35.5. The van der Waals surface area contributed by atoms with Gasteiger partial charge in [-0.05, 0) is 0 Å². The van der Waals surface area contributed by atoms with E-state index in [0.29, 0.717) is 17.4 Å². The van der Waals surface area contributed by atoms with Crippen LogP contribution in [0.3, 0.4) is 0 Å². The monoisotopic (exact) mass is 173 g/mol. The standard InChI is InChI=1S/C5H6ClN3.C2H6/c6-5-4(3-7)8-1-2-9-5;1-2/h1-2H,3,7H2;1-2H3. The Balaban J connectivity index is 0.000000461. The van der Waals surface area contributed by atoms with Gasteiger partial charge in [0.05, 0.1) is 5.69 Å². The Labute approximate surface area is 71.6 Å². The van der Waals surface area contributed by atoms with E-state index >= 15 is 0 Å². The van der Waals surface area contributed by atoms with E-state index in [1.165, 1.54) is 6.20 Å². The highest BCUT2D eigenvalue weighted by Crippen LogP contribution is 2.05. The predicted octanol–water partition coefficient (Wildman–Crippen LogP) is 1.61. The van der Waals surface area contributed by atoms with E-state index in [-0.39, 0.29) is 0 Å². The van der Waals surface area contributed by atoms with Gasteiger partial charge in [-0.25, -0.2) is 4.98 Å². The van der Waals surface area contributed by atoms with Crippen LogP contribution >= 0.6 is 11.6 Å². The fraction of sp³-hybridized carbons (Fsp3) is 0.429. The lowest BCUT2D eigenvalue weighted by Gasteiger charge is -1.94. The number of nitrogens with zero attached hydrogens (tertiary/aromatic N) is 2. The summed E-state index contributed by atoms with van der Waals surface area (Å²) in [6.45, 7) is 4.34. The molecule has 4 heteroatoms. The molecule has 0 unspecified atom stereocenters. The van der Waals surface area contributed by atoms with Gasteiger partial charge in [0.2, 0.25) is 0 Å². The number of rotatable bonds is 1. The molecule has 0 aliphatic heterocycles. The lowest BCUT2D eigenvalue weighted by atomic mass is 10.5. The smallest absolute Gasteiger partial charge is 0.151 e. The lowest BCUT2D eigenvalue weighted by Crippen LogP contribution is -2.00. The minimum atomic E-state index is 0.340. The Bertz CT molecular complexity index is 203. The second-order valence-electron chi connectivity index (χ2n) is 1.50. The Kier molecular flexibility index (Phi) is 5.70. The second-order valence-corrected chi connectivity index (χ2v) is 1.86. The summed E-state index contributed by atoms with van der Waals surface area (Å²) >= 11 is 5.57. The molecule has 0 saturated heterocycles. The van der Waals surface area contributed by atoms with Crippen LogP contribution in [-0.4, -0.2) is 9.97 Å². The van der Waals surface area contributed by atoms with E-state index in [1.807, 2.05) is 13.8 Å². The molecule has 0 amide bonds. The van der Waals surface area contributed by atoms with E-state index in [0.717, 1.165) is 0 Å². The average molecular weight is 174 g/mol. The Morgan fingerprint density at radius 2 is 1.91 bits per heavy atom. The van der Waals surface area contributed by atoms with Crippen molar-refractivity contribution < 1.29 is 0 Å². The minimum absolute atomic E-state index is 0.340. The van der Waals surface area contributed by atoms with Gasteiger partial charge < -0.3 is 5.73 Å². The molecule has 0 atom stereocenters. The molecular weight excluding hydrogens is 162 g/mol. The summed E-state index contributed by atoms with van der Waals surface area (Å²) < 4.78 is 0. The summed E-state index contributed by atoms with van der Waals surface area (Å²) in [6, 6.07) is 0. The first-order valence-corrected chi connectivity index (χ1v) is 3.88. The van der Waals surface area contributed by atoms with Gasteiger partial charge in [-0.2, -0.15) is 0 Å². The van der Waals surface area contributed by atoms with Crippen LogP contribution in [0.15, 0.2) is 12.4 Å². The largest absolute Gasteiger partial charge is 0.325 e. The Hall–Kier alpha value is -0.670. The second kappa shape index (κ2) is 6.07. The number of nitrogens with two attached hydrogens (primary N) is 1. The first-order chi connectivity index (χ1) is 5.34. The molecule has 0 fully saturated rings. The molecule has 1 aromatic rings. The van der Waals surface area contributed by atoms with Gasteiger partial charge in [-0.3, -0.25) is 4.98 Å². The van der Waals surface area contributed by atoms with Gasteiger partial charge >= 0.3 is 0 Å². The summed E-state index contributed by atoms with van der Waals surface area (Å²) in [6.07, 6.45) is 3.09. The maximum Gasteiger partial charge on any atom is 0.151 e. The van der Waals surface area contributed by atoms with Crippen molar-refractivity contribution in [2.75, 3.05) is 0 Å². The first-order valence-electron chi connectivity index (χ1n) is 3.50. The van der Waals surface area contributed by atoms with Gasteiger partial charge in [0.1, 0.15) is 0 Å². The van der Waals surface area contributed by atoms with Gasteiger partial charge in [0.15, 0.2) is 5.15 Å². The van der Waals surface area contributed by atoms with Crippen LogP contribution in [0.2, 0.25) is 5.15 Å². The molecule has 1 rings (SSSR count). The molecule has 0 saturated carbocycles.